The van der Waals surface area contributed by atoms with Crippen LogP contribution >= 0.6 is 0 Å². The van der Waals surface area contributed by atoms with E-state index in [4.69, 9.17) is 25.1 Å². The van der Waals surface area contributed by atoms with Gasteiger partial charge in [0.25, 0.3) is 0 Å². The van der Waals surface area contributed by atoms with E-state index in [0.29, 0.717) is 0 Å². The fraction of sp³-hybridized carbons (Fsp3) is 0.556. The third kappa shape index (κ3) is 4.90. The molecule has 10 heteroatoms. The van der Waals surface area contributed by atoms with Gasteiger partial charge in [0.15, 0.2) is 6.10 Å². The largest absolute Gasteiger partial charge is 0.507 e. The van der Waals surface area contributed by atoms with Crippen LogP contribution in [0.2, 0.25) is 0 Å². The highest BCUT2D eigenvalue weighted by Crippen LogP contribution is 2.26. The van der Waals surface area contributed by atoms with Crippen molar-refractivity contribution in [2.75, 3.05) is 19.4 Å². The Hall–Kier alpha value is -2.40. The topological polar surface area (TPSA) is 161 Å². The number of esters is 1. The van der Waals surface area contributed by atoms with Crippen molar-refractivity contribution in [2.24, 2.45) is 0 Å². The highest BCUT2D eigenvalue weighted by atomic mass is 16.6. The number of benzene rings is 1. The van der Waals surface area contributed by atoms with Crippen LogP contribution in [0, 0.1) is 0 Å². The maximum atomic E-state index is 12.2. The molecule has 1 aromatic rings. The second kappa shape index (κ2) is 9.20. The Morgan fingerprint density at radius 3 is 2.68 bits per heavy atom. The molecule has 0 aromatic heterocycles. The molecule has 156 valence electrons. The molecule has 3 unspecified atom stereocenters. The lowest BCUT2D eigenvalue weighted by atomic mass is 9.93. The number of carboxylic acid groups (broad SMARTS) is 1. The van der Waals surface area contributed by atoms with Crippen molar-refractivity contribution in [2.45, 2.75) is 50.4 Å². The Labute approximate surface area is 162 Å². The summed E-state index contributed by atoms with van der Waals surface area (Å²) in [7, 11) is 1.64. The Bertz CT molecular complexity index is 713. The quantitative estimate of drug-likeness (QED) is 0.235. The van der Waals surface area contributed by atoms with Crippen LogP contribution in [0.4, 0.5) is 5.69 Å². The molecule has 6 atom stereocenters. The van der Waals surface area contributed by atoms with Gasteiger partial charge in [-0.2, -0.15) is 0 Å². The van der Waals surface area contributed by atoms with Gasteiger partial charge in [-0.3, -0.25) is 0 Å². The number of carbonyl (C=O) groups is 2. The number of ether oxygens (including phenoxy) is 3. The zero-order valence-corrected chi connectivity index (χ0v) is 15.9. The average molecular weight is 398 g/mol. The maximum absolute atomic E-state index is 12.2. The number of phenols is 1. The fourth-order valence-electron chi connectivity index (χ4n) is 3.08. The van der Waals surface area contributed by atoms with Crippen LogP contribution in [-0.4, -0.2) is 77.5 Å². The number of aromatic hydroxyl groups is 1. The molecule has 1 aliphatic heterocycles. The van der Waals surface area contributed by atoms with E-state index in [0.717, 1.165) is 0 Å². The standard InChI is InChI=1S/C18H26N2O8/c1-8-14(20-3)16(28-9(2)17(23)24)15(22)13(27-8)7-26-18(25)11-6-10(19)4-5-12(11)21/h4-6,8-9,13-16,20-22H,7,19H2,1-3H3,(H,23,24)/t8-,9?,13?,14?,15-,16+/m0/s1. The Balaban J connectivity index is 2.09. The number of nitrogens with two attached hydrogens (primary N) is 1. The summed E-state index contributed by atoms with van der Waals surface area (Å²) in [6.07, 6.45) is -4.70. The highest BCUT2D eigenvalue weighted by Gasteiger charge is 2.45. The lowest BCUT2D eigenvalue weighted by Gasteiger charge is -2.44. The predicted octanol–water partition coefficient (Wildman–Crippen LogP) is -0.274. The number of aliphatic carboxylic acids is 1. The summed E-state index contributed by atoms with van der Waals surface area (Å²) < 4.78 is 16.4. The molecule has 0 amide bonds. The summed E-state index contributed by atoms with van der Waals surface area (Å²) in [5.74, 6) is -2.29. The summed E-state index contributed by atoms with van der Waals surface area (Å²) in [6, 6.07) is 3.51. The van der Waals surface area contributed by atoms with Crippen LogP contribution in [0.3, 0.4) is 0 Å². The lowest BCUT2D eigenvalue weighted by molar-refractivity contribution is -0.215. The van der Waals surface area contributed by atoms with Gasteiger partial charge in [0.1, 0.15) is 36.2 Å². The molecule has 1 aromatic carbocycles. The summed E-state index contributed by atoms with van der Waals surface area (Å²) in [5, 5.41) is 32.4. The highest BCUT2D eigenvalue weighted by molar-refractivity contribution is 5.93. The van der Waals surface area contributed by atoms with Gasteiger partial charge in [-0.15, -0.1) is 0 Å². The maximum Gasteiger partial charge on any atom is 0.342 e. The number of aliphatic hydroxyl groups is 1. The minimum absolute atomic E-state index is 0.112. The van der Waals surface area contributed by atoms with Crippen molar-refractivity contribution in [3.05, 3.63) is 23.8 Å². The number of nitrogens with one attached hydrogen (secondary N) is 1. The fourth-order valence-corrected chi connectivity index (χ4v) is 3.08. The number of aliphatic hydroxyl groups excluding tert-OH is 1. The Morgan fingerprint density at radius 2 is 2.07 bits per heavy atom. The molecule has 1 heterocycles. The van der Waals surface area contributed by atoms with Gasteiger partial charge < -0.3 is 40.6 Å². The lowest BCUT2D eigenvalue weighted by Crippen LogP contribution is -2.63. The minimum Gasteiger partial charge on any atom is -0.507 e. The van der Waals surface area contributed by atoms with Crippen molar-refractivity contribution in [3.63, 3.8) is 0 Å². The molecule has 0 aliphatic carbocycles. The number of anilines is 1. The molecule has 1 saturated heterocycles. The van der Waals surface area contributed by atoms with Gasteiger partial charge in [-0.25, -0.2) is 9.59 Å². The van der Waals surface area contributed by atoms with Gasteiger partial charge in [-0.1, -0.05) is 0 Å². The van der Waals surface area contributed by atoms with Gasteiger partial charge in [0.05, 0.1) is 12.1 Å². The van der Waals surface area contributed by atoms with Crippen LogP contribution in [0.1, 0.15) is 24.2 Å². The smallest absolute Gasteiger partial charge is 0.342 e. The molecule has 0 bridgehead atoms. The van der Waals surface area contributed by atoms with Crippen LogP contribution < -0.4 is 11.1 Å². The summed E-state index contributed by atoms with van der Waals surface area (Å²) in [5.41, 5.74) is 5.77. The first-order valence-electron chi connectivity index (χ1n) is 8.80. The van der Waals surface area contributed by atoms with E-state index in [1.165, 1.54) is 25.1 Å². The molecule has 6 N–H and O–H groups in total. The number of likely N-dealkylation sites (N-methyl/N-ethyl adjacent to an activating group) is 1. The zero-order valence-electron chi connectivity index (χ0n) is 15.9. The van der Waals surface area contributed by atoms with E-state index in [1.54, 1.807) is 14.0 Å². The van der Waals surface area contributed by atoms with Crippen LogP contribution in [0.5, 0.6) is 5.75 Å². The molecular weight excluding hydrogens is 372 g/mol. The van der Waals surface area contributed by atoms with E-state index in [9.17, 15) is 19.8 Å². The molecule has 0 spiro atoms. The Kier molecular flexibility index (Phi) is 7.19. The monoisotopic (exact) mass is 398 g/mol. The van der Waals surface area contributed by atoms with Crippen molar-refractivity contribution in [3.8, 4) is 5.75 Å². The van der Waals surface area contributed by atoms with Gasteiger partial charge in [0, 0.05) is 5.69 Å². The molecule has 1 fully saturated rings. The number of rotatable bonds is 7. The van der Waals surface area contributed by atoms with Crippen molar-refractivity contribution < 1.29 is 39.1 Å². The molecule has 0 radical (unpaired) electrons. The van der Waals surface area contributed by atoms with Crippen molar-refractivity contribution >= 4 is 17.6 Å². The first-order valence-corrected chi connectivity index (χ1v) is 8.80. The van der Waals surface area contributed by atoms with Crippen LogP contribution in [-0.2, 0) is 19.0 Å². The third-order valence-corrected chi connectivity index (χ3v) is 4.63. The van der Waals surface area contributed by atoms with Gasteiger partial charge in [-0.05, 0) is 39.1 Å². The summed E-state index contributed by atoms with van der Waals surface area (Å²) >= 11 is 0. The first-order chi connectivity index (χ1) is 13.1. The number of phenolic OH excluding ortho intramolecular Hbond substituents is 1. The molecule has 2 rings (SSSR count). The van der Waals surface area contributed by atoms with Gasteiger partial charge in [0.2, 0.25) is 0 Å². The van der Waals surface area contributed by atoms with Gasteiger partial charge >= 0.3 is 11.9 Å². The van der Waals surface area contributed by atoms with E-state index in [1.807, 2.05) is 0 Å². The molecule has 10 nitrogen and oxygen atoms in total. The number of carboxylic acids is 1. The molecule has 28 heavy (non-hydrogen) atoms. The number of nitrogen functional groups attached to an aromatic ring is 1. The molecule has 1 aliphatic rings. The second-order valence-electron chi connectivity index (χ2n) is 6.64. The zero-order chi connectivity index (χ0) is 21.0. The number of hydrogen-bond acceptors (Lipinski definition) is 9. The van der Waals surface area contributed by atoms with Crippen molar-refractivity contribution in [1.82, 2.24) is 5.32 Å². The number of hydrogen-bond donors (Lipinski definition) is 5. The van der Waals surface area contributed by atoms with Crippen LogP contribution in [0.15, 0.2) is 18.2 Å². The van der Waals surface area contributed by atoms with Crippen molar-refractivity contribution in [1.29, 1.82) is 0 Å². The summed E-state index contributed by atoms with van der Waals surface area (Å²) in [6.45, 7) is 2.77. The first kappa shape index (κ1) is 21.9. The normalized spacial score (nSPS) is 28.5. The van der Waals surface area contributed by atoms with E-state index >= 15 is 0 Å². The minimum atomic E-state index is -1.25. The Morgan fingerprint density at radius 1 is 1.39 bits per heavy atom. The third-order valence-electron chi connectivity index (χ3n) is 4.63. The number of carbonyl (C=O) groups excluding carboxylic acids is 1. The molecular formula is C18H26N2O8. The van der Waals surface area contributed by atoms with Crippen LogP contribution in [0.25, 0.3) is 0 Å². The molecule has 0 saturated carbocycles. The second-order valence-corrected chi connectivity index (χ2v) is 6.64. The predicted molar refractivity (Wildman–Crippen MR) is 98.0 cm³/mol. The van der Waals surface area contributed by atoms with E-state index < -0.39 is 48.5 Å². The SMILES string of the molecule is CNC1[C@H](C)OC(COC(=O)c2cc(N)ccc2O)[C@H](O)[C@@H]1OC(C)C(=O)O. The summed E-state index contributed by atoms with van der Waals surface area (Å²) in [4.78, 5) is 23.3. The van der Waals surface area contributed by atoms with E-state index in [2.05, 4.69) is 5.32 Å². The van der Waals surface area contributed by atoms with E-state index in [-0.39, 0.29) is 23.6 Å². The average Bonchev–Trinajstić information content (AvgIpc) is 2.64.